The molecule has 2 N–H and O–H groups in total. The lowest BCUT2D eigenvalue weighted by molar-refractivity contribution is 0.291. The lowest BCUT2D eigenvalue weighted by Crippen LogP contribution is -2.08. The van der Waals surface area contributed by atoms with E-state index in [9.17, 15) is 0 Å². The molecular weight excluding hydrogens is 226 g/mol. The van der Waals surface area contributed by atoms with Gasteiger partial charge in [0.1, 0.15) is 12.4 Å². The first-order valence-corrected chi connectivity index (χ1v) is 5.78. The van der Waals surface area contributed by atoms with Gasteiger partial charge in [0, 0.05) is 18.0 Å². The van der Waals surface area contributed by atoms with Gasteiger partial charge in [0.25, 0.3) is 0 Å². The summed E-state index contributed by atoms with van der Waals surface area (Å²) in [5.74, 6) is 6.61. The Morgan fingerprint density at radius 3 is 2.78 bits per heavy atom. The van der Waals surface area contributed by atoms with Crippen LogP contribution in [0, 0.1) is 11.8 Å². The normalized spacial score (nSPS) is 9.61. The van der Waals surface area contributed by atoms with Crippen LogP contribution in [-0.4, -0.2) is 22.9 Å². The molecule has 92 valence electrons. The number of rotatable bonds is 4. The van der Waals surface area contributed by atoms with Gasteiger partial charge in [-0.25, -0.2) is 0 Å². The van der Waals surface area contributed by atoms with Gasteiger partial charge in [-0.15, -0.1) is 0 Å². The molecule has 0 saturated heterocycles. The number of hydrogen-bond donors (Lipinski definition) is 1. The van der Waals surface area contributed by atoms with E-state index in [2.05, 4.69) is 16.9 Å². The maximum Gasteiger partial charge on any atom is 0.119 e. The first-order valence-electron chi connectivity index (χ1n) is 5.78. The highest BCUT2D eigenvalue weighted by molar-refractivity contribution is 5.38. The molecule has 18 heavy (non-hydrogen) atoms. The van der Waals surface area contributed by atoms with Gasteiger partial charge >= 0.3 is 0 Å². The SMILES string of the molecule is NCC#Cc1ccc(OCCn2cccn2)cc1. The van der Waals surface area contributed by atoms with Gasteiger partial charge in [-0.1, -0.05) is 11.8 Å². The van der Waals surface area contributed by atoms with Crippen LogP contribution in [0.25, 0.3) is 0 Å². The van der Waals surface area contributed by atoms with Crippen molar-refractivity contribution in [3.05, 3.63) is 48.3 Å². The van der Waals surface area contributed by atoms with Crippen LogP contribution in [0.5, 0.6) is 5.75 Å². The second-order valence-corrected chi connectivity index (χ2v) is 3.65. The van der Waals surface area contributed by atoms with Crippen LogP contribution in [0.15, 0.2) is 42.7 Å². The molecule has 4 nitrogen and oxygen atoms in total. The Morgan fingerprint density at radius 1 is 1.28 bits per heavy atom. The van der Waals surface area contributed by atoms with E-state index in [-0.39, 0.29) is 0 Å². The molecule has 4 heteroatoms. The molecule has 1 heterocycles. The Hall–Kier alpha value is -2.25. The van der Waals surface area contributed by atoms with E-state index in [1.54, 1.807) is 6.20 Å². The van der Waals surface area contributed by atoms with Crippen LogP contribution in [0.4, 0.5) is 0 Å². The molecular formula is C14H15N3O. The third kappa shape index (κ3) is 3.65. The molecule has 0 aliphatic rings. The van der Waals surface area contributed by atoms with Crippen LogP contribution in [0.1, 0.15) is 5.56 Å². The smallest absolute Gasteiger partial charge is 0.119 e. The summed E-state index contributed by atoms with van der Waals surface area (Å²) < 4.78 is 7.44. The highest BCUT2D eigenvalue weighted by Crippen LogP contribution is 2.11. The predicted octanol–water partition coefficient (Wildman–Crippen LogP) is 1.27. The quantitative estimate of drug-likeness (QED) is 0.820. The molecule has 0 fully saturated rings. The van der Waals surface area contributed by atoms with Crippen molar-refractivity contribution in [3.63, 3.8) is 0 Å². The van der Waals surface area contributed by atoms with E-state index >= 15 is 0 Å². The van der Waals surface area contributed by atoms with Crippen LogP contribution in [0.2, 0.25) is 0 Å². The lowest BCUT2D eigenvalue weighted by atomic mass is 10.2. The third-order valence-electron chi connectivity index (χ3n) is 2.34. The van der Waals surface area contributed by atoms with E-state index < -0.39 is 0 Å². The maximum absolute atomic E-state index is 5.61. The van der Waals surface area contributed by atoms with Gasteiger partial charge in [-0.3, -0.25) is 4.68 Å². The molecule has 0 radical (unpaired) electrons. The molecule has 0 spiro atoms. The van der Waals surface area contributed by atoms with Gasteiger partial charge in [0.2, 0.25) is 0 Å². The first-order chi connectivity index (χ1) is 8.88. The summed E-state index contributed by atoms with van der Waals surface area (Å²) in [4.78, 5) is 0. The van der Waals surface area contributed by atoms with Crippen molar-refractivity contribution in [1.29, 1.82) is 0 Å². The molecule has 2 aromatic rings. The van der Waals surface area contributed by atoms with Crippen LogP contribution >= 0.6 is 0 Å². The minimum Gasteiger partial charge on any atom is -0.492 e. The molecule has 0 aliphatic heterocycles. The van der Waals surface area contributed by atoms with E-state index in [4.69, 9.17) is 10.5 Å². The average molecular weight is 241 g/mol. The second-order valence-electron chi connectivity index (χ2n) is 3.65. The average Bonchev–Trinajstić information content (AvgIpc) is 2.91. The summed E-state index contributed by atoms with van der Waals surface area (Å²) in [6.07, 6.45) is 3.67. The zero-order valence-corrected chi connectivity index (χ0v) is 10.0. The zero-order valence-electron chi connectivity index (χ0n) is 10.0. The Bertz CT molecular complexity index is 520. The van der Waals surface area contributed by atoms with E-state index in [0.29, 0.717) is 13.2 Å². The van der Waals surface area contributed by atoms with Crippen molar-refractivity contribution in [3.8, 4) is 17.6 Å². The monoisotopic (exact) mass is 241 g/mol. The summed E-state index contributed by atoms with van der Waals surface area (Å²) in [6.45, 7) is 1.71. The Balaban J connectivity index is 1.83. The van der Waals surface area contributed by atoms with Gasteiger partial charge in [0.15, 0.2) is 0 Å². The summed E-state index contributed by atoms with van der Waals surface area (Å²) in [5, 5.41) is 4.10. The zero-order chi connectivity index (χ0) is 12.6. The highest BCUT2D eigenvalue weighted by Gasteiger charge is 1.95. The summed E-state index contributed by atoms with van der Waals surface area (Å²) >= 11 is 0. The standard InChI is InChI=1S/C14H15N3O/c15-8-1-3-13-4-6-14(7-5-13)18-12-11-17-10-2-9-16-17/h2,4-7,9-10H,8,11-12,15H2. The number of nitrogens with zero attached hydrogens (tertiary/aromatic N) is 2. The fourth-order valence-corrected chi connectivity index (χ4v) is 1.48. The lowest BCUT2D eigenvalue weighted by Gasteiger charge is -2.06. The molecule has 2 rings (SSSR count). The van der Waals surface area contributed by atoms with Crippen LogP contribution < -0.4 is 10.5 Å². The predicted molar refractivity (Wildman–Crippen MR) is 70.1 cm³/mol. The van der Waals surface area contributed by atoms with Gasteiger partial charge < -0.3 is 10.5 Å². The molecule has 1 aromatic carbocycles. The third-order valence-corrected chi connectivity index (χ3v) is 2.34. The molecule has 1 aromatic heterocycles. The minimum atomic E-state index is 0.377. The minimum absolute atomic E-state index is 0.377. The van der Waals surface area contributed by atoms with Crippen molar-refractivity contribution in [2.24, 2.45) is 5.73 Å². The molecule has 0 saturated carbocycles. The second kappa shape index (κ2) is 6.48. The summed E-state index contributed by atoms with van der Waals surface area (Å²) in [6, 6.07) is 9.55. The number of benzene rings is 1. The maximum atomic E-state index is 5.61. The Labute approximate surface area is 106 Å². The van der Waals surface area contributed by atoms with Crippen molar-refractivity contribution in [2.75, 3.05) is 13.2 Å². The van der Waals surface area contributed by atoms with Crippen LogP contribution in [-0.2, 0) is 6.54 Å². The fourth-order valence-electron chi connectivity index (χ4n) is 1.48. The Morgan fingerprint density at radius 2 is 2.11 bits per heavy atom. The van der Waals surface area contributed by atoms with E-state index in [1.165, 1.54) is 0 Å². The van der Waals surface area contributed by atoms with E-state index in [1.807, 2.05) is 41.2 Å². The largest absolute Gasteiger partial charge is 0.492 e. The van der Waals surface area contributed by atoms with Crippen molar-refractivity contribution < 1.29 is 4.74 Å². The number of nitrogens with two attached hydrogens (primary N) is 1. The van der Waals surface area contributed by atoms with E-state index in [0.717, 1.165) is 17.9 Å². The van der Waals surface area contributed by atoms with Crippen molar-refractivity contribution in [2.45, 2.75) is 6.54 Å². The number of ether oxygens (including phenoxy) is 1. The first kappa shape index (κ1) is 12.2. The highest BCUT2D eigenvalue weighted by atomic mass is 16.5. The van der Waals surface area contributed by atoms with Gasteiger partial charge in [-0.05, 0) is 30.3 Å². The number of aromatic nitrogens is 2. The van der Waals surface area contributed by atoms with Crippen molar-refractivity contribution in [1.82, 2.24) is 9.78 Å². The summed E-state index contributed by atoms with van der Waals surface area (Å²) in [5.41, 5.74) is 6.26. The number of hydrogen-bond acceptors (Lipinski definition) is 3. The fraction of sp³-hybridized carbons (Fsp3) is 0.214. The van der Waals surface area contributed by atoms with Crippen LogP contribution in [0.3, 0.4) is 0 Å². The molecule has 0 amide bonds. The van der Waals surface area contributed by atoms with Gasteiger partial charge in [0.05, 0.1) is 13.1 Å². The molecule has 0 aliphatic carbocycles. The molecule has 0 atom stereocenters. The molecule has 0 unspecified atom stereocenters. The molecule has 0 bridgehead atoms. The Kier molecular flexibility index (Phi) is 4.39. The van der Waals surface area contributed by atoms with Crippen molar-refractivity contribution >= 4 is 0 Å². The summed E-state index contributed by atoms with van der Waals surface area (Å²) in [7, 11) is 0. The topological polar surface area (TPSA) is 53.1 Å². The van der Waals surface area contributed by atoms with Gasteiger partial charge in [-0.2, -0.15) is 5.10 Å².